The minimum Gasteiger partial charge on any atom is -0.390 e. The summed E-state index contributed by atoms with van der Waals surface area (Å²) < 4.78 is 22.1. The van der Waals surface area contributed by atoms with Crippen molar-refractivity contribution in [3.63, 3.8) is 0 Å². The fourth-order valence-electron chi connectivity index (χ4n) is 2.79. The maximum atomic E-state index is 9.80. The number of ether oxygens (including phenoxy) is 1. The standard InChI is InChI=1S/C13H28O5Si/c1-5-18-19(16-3,17-4)9-8-11-6-7-12(14)13(10-11)15-2/h11-14H,5-10H2,1-4H3. The first-order valence-corrected chi connectivity index (χ1v) is 8.99. The van der Waals surface area contributed by atoms with Crippen LogP contribution in [0.5, 0.6) is 0 Å². The zero-order chi connectivity index (χ0) is 14.3. The second-order valence-corrected chi connectivity index (χ2v) is 8.05. The van der Waals surface area contributed by atoms with Crippen molar-refractivity contribution in [1.29, 1.82) is 0 Å². The van der Waals surface area contributed by atoms with Gasteiger partial charge in [0.1, 0.15) is 0 Å². The highest BCUT2D eigenvalue weighted by Gasteiger charge is 2.40. The van der Waals surface area contributed by atoms with Gasteiger partial charge in [0.2, 0.25) is 0 Å². The average Bonchev–Trinajstić information content (AvgIpc) is 2.45. The SMILES string of the molecule is CCO[Si](CCC1CCC(O)C(OC)C1)(OC)OC. The van der Waals surface area contributed by atoms with E-state index in [0.717, 1.165) is 31.7 Å². The van der Waals surface area contributed by atoms with E-state index >= 15 is 0 Å². The molecule has 3 atom stereocenters. The molecule has 0 spiro atoms. The smallest absolute Gasteiger partial charge is 0.390 e. The van der Waals surface area contributed by atoms with Crippen LogP contribution in [0.25, 0.3) is 0 Å². The summed E-state index contributed by atoms with van der Waals surface area (Å²) in [5.74, 6) is 0.547. The quantitative estimate of drug-likeness (QED) is 0.692. The van der Waals surface area contributed by atoms with Crippen LogP contribution in [0.2, 0.25) is 6.04 Å². The van der Waals surface area contributed by atoms with Gasteiger partial charge in [-0.1, -0.05) is 0 Å². The molecule has 6 heteroatoms. The lowest BCUT2D eigenvalue weighted by atomic mass is 9.84. The first-order valence-electron chi connectivity index (χ1n) is 7.05. The molecule has 114 valence electrons. The maximum Gasteiger partial charge on any atom is 0.500 e. The highest BCUT2D eigenvalue weighted by Crippen LogP contribution is 2.32. The summed E-state index contributed by atoms with van der Waals surface area (Å²) in [5.41, 5.74) is 0. The van der Waals surface area contributed by atoms with Crippen LogP contribution in [0.1, 0.15) is 32.6 Å². The van der Waals surface area contributed by atoms with E-state index in [1.165, 1.54) is 0 Å². The molecule has 5 nitrogen and oxygen atoms in total. The van der Waals surface area contributed by atoms with E-state index < -0.39 is 8.80 Å². The Balaban J connectivity index is 2.46. The predicted octanol–water partition coefficient (Wildman–Crippen LogP) is 1.82. The fourth-order valence-corrected chi connectivity index (χ4v) is 4.95. The molecule has 1 rings (SSSR count). The summed E-state index contributed by atoms with van der Waals surface area (Å²) >= 11 is 0. The lowest BCUT2D eigenvalue weighted by molar-refractivity contribution is -0.0512. The molecular weight excluding hydrogens is 264 g/mol. The molecular formula is C13H28O5Si. The Bertz CT molecular complexity index is 247. The molecule has 0 aromatic rings. The van der Waals surface area contributed by atoms with Gasteiger partial charge in [-0.15, -0.1) is 0 Å². The zero-order valence-electron chi connectivity index (χ0n) is 12.6. The van der Waals surface area contributed by atoms with Crippen LogP contribution >= 0.6 is 0 Å². The molecule has 19 heavy (non-hydrogen) atoms. The summed E-state index contributed by atoms with van der Waals surface area (Å²) in [6, 6.07) is 0.824. The van der Waals surface area contributed by atoms with Crippen LogP contribution < -0.4 is 0 Å². The molecule has 0 amide bonds. The van der Waals surface area contributed by atoms with Crippen molar-refractivity contribution < 1.29 is 23.1 Å². The van der Waals surface area contributed by atoms with Gasteiger partial charge in [-0.25, -0.2) is 0 Å². The van der Waals surface area contributed by atoms with Gasteiger partial charge in [0.05, 0.1) is 12.2 Å². The molecule has 3 unspecified atom stereocenters. The molecule has 0 heterocycles. The van der Waals surface area contributed by atoms with E-state index in [1.54, 1.807) is 21.3 Å². The van der Waals surface area contributed by atoms with Gasteiger partial charge in [0.25, 0.3) is 0 Å². The minimum atomic E-state index is -2.48. The van der Waals surface area contributed by atoms with Crippen molar-refractivity contribution in [3.05, 3.63) is 0 Å². The molecule has 0 aromatic carbocycles. The van der Waals surface area contributed by atoms with Crippen molar-refractivity contribution in [2.45, 2.75) is 50.9 Å². The van der Waals surface area contributed by atoms with Crippen molar-refractivity contribution >= 4 is 8.80 Å². The highest BCUT2D eigenvalue weighted by molar-refractivity contribution is 6.60. The van der Waals surface area contributed by atoms with Crippen LogP contribution in [0.4, 0.5) is 0 Å². The van der Waals surface area contributed by atoms with Crippen molar-refractivity contribution in [2.24, 2.45) is 5.92 Å². The van der Waals surface area contributed by atoms with Crippen molar-refractivity contribution in [3.8, 4) is 0 Å². The molecule has 0 bridgehead atoms. The van der Waals surface area contributed by atoms with Crippen LogP contribution in [0.15, 0.2) is 0 Å². The number of methoxy groups -OCH3 is 1. The van der Waals surface area contributed by atoms with E-state index in [9.17, 15) is 5.11 Å². The van der Waals surface area contributed by atoms with Gasteiger partial charge < -0.3 is 23.1 Å². The van der Waals surface area contributed by atoms with E-state index in [-0.39, 0.29) is 12.2 Å². The lowest BCUT2D eigenvalue weighted by Crippen LogP contribution is -2.44. The highest BCUT2D eigenvalue weighted by atomic mass is 28.4. The van der Waals surface area contributed by atoms with Gasteiger partial charge in [-0.3, -0.25) is 0 Å². The zero-order valence-corrected chi connectivity index (χ0v) is 13.6. The molecule has 1 aliphatic carbocycles. The second kappa shape index (κ2) is 8.34. The van der Waals surface area contributed by atoms with Crippen molar-refractivity contribution in [1.82, 2.24) is 0 Å². The largest absolute Gasteiger partial charge is 0.500 e. The van der Waals surface area contributed by atoms with Gasteiger partial charge >= 0.3 is 8.80 Å². The molecule has 0 radical (unpaired) electrons. The molecule has 0 aliphatic heterocycles. The van der Waals surface area contributed by atoms with E-state index in [4.69, 9.17) is 18.0 Å². The second-order valence-electron chi connectivity index (χ2n) is 5.08. The maximum absolute atomic E-state index is 9.80. The Hall–Kier alpha value is 0.0169. The number of aliphatic hydroxyl groups excluding tert-OH is 1. The normalized spacial score (nSPS) is 28.6. The first kappa shape index (κ1) is 17.1. The first-order chi connectivity index (χ1) is 9.10. The monoisotopic (exact) mass is 292 g/mol. The summed E-state index contributed by atoms with van der Waals surface area (Å²) in [4.78, 5) is 0. The van der Waals surface area contributed by atoms with Crippen LogP contribution in [-0.4, -0.2) is 54.1 Å². The Kier molecular flexibility index (Phi) is 7.49. The minimum absolute atomic E-state index is 0.0352. The fraction of sp³-hybridized carbons (Fsp3) is 1.00. The van der Waals surface area contributed by atoms with Crippen LogP contribution in [0.3, 0.4) is 0 Å². The Morgan fingerprint density at radius 2 is 1.84 bits per heavy atom. The third-order valence-electron chi connectivity index (χ3n) is 4.01. The number of aliphatic hydroxyl groups is 1. The van der Waals surface area contributed by atoms with Crippen LogP contribution in [0, 0.1) is 5.92 Å². The molecule has 1 N–H and O–H groups in total. The molecule has 1 fully saturated rings. The summed E-state index contributed by atoms with van der Waals surface area (Å²) in [6.45, 7) is 2.57. The van der Waals surface area contributed by atoms with E-state index in [1.807, 2.05) is 6.92 Å². The van der Waals surface area contributed by atoms with Crippen molar-refractivity contribution in [2.75, 3.05) is 27.9 Å². The summed E-state index contributed by atoms with van der Waals surface area (Å²) in [7, 11) is 2.51. The Labute approximate surface area is 117 Å². The average molecular weight is 292 g/mol. The third kappa shape index (κ3) is 4.80. The van der Waals surface area contributed by atoms with E-state index in [0.29, 0.717) is 12.5 Å². The van der Waals surface area contributed by atoms with Gasteiger partial charge in [0, 0.05) is 34.0 Å². The topological polar surface area (TPSA) is 57.2 Å². The number of hydrogen-bond donors (Lipinski definition) is 1. The Morgan fingerprint density at radius 3 is 2.37 bits per heavy atom. The molecule has 0 saturated heterocycles. The lowest BCUT2D eigenvalue weighted by Gasteiger charge is -2.34. The molecule has 1 saturated carbocycles. The van der Waals surface area contributed by atoms with E-state index in [2.05, 4.69) is 0 Å². The van der Waals surface area contributed by atoms with Gasteiger partial charge in [-0.2, -0.15) is 0 Å². The third-order valence-corrected chi connectivity index (χ3v) is 6.89. The molecule has 1 aliphatic rings. The number of rotatable bonds is 8. The number of hydrogen-bond acceptors (Lipinski definition) is 5. The predicted molar refractivity (Wildman–Crippen MR) is 75.0 cm³/mol. The summed E-state index contributed by atoms with van der Waals surface area (Å²) in [5, 5.41) is 9.80. The summed E-state index contributed by atoms with van der Waals surface area (Å²) in [6.07, 6.45) is 3.39. The van der Waals surface area contributed by atoms with Gasteiger partial charge in [0.15, 0.2) is 0 Å². The van der Waals surface area contributed by atoms with Gasteiger partial charge in [-0.05, 0) is 38.5 Å². The molecule has 0 aromatic heterocycles. The Morgan fingerprint density at radius 1 is 1.16 bits per heavy atom. The van der Waals surface area contributed by atoms with Crippen LogP contribution in [-0.2, 0) is 18.0 Å².